The van der Waals surface area contributed by atoms with Gasteiger partial charge in [0.2, 0.25) is 0 Å². The molecule has 0 aliphatic heterocycles. The highest BCUT2D eigenvalue weighted by Gasteiger charge is 2.09. The molecule has 0 radical (unpaired) electrons. The monoisotopic (exact) mass is 400 g/mol. The minimum atomic E-state index is -2.98. The van der Waals surface area contributed by atoms with Crippen LogP contribution in [-0.2, 0) is 4.79 Å². The first-order valence-corrected chi connectivity index (χ1v) is 8.18. The van der Waals surface area contributed by atoms with Gasteiger partial charge < -0.3 is 4.74 Å². The first-order chi connectivity index (χ1) is 14.0. The maximum atomic E-state index is 12.4. The zero-order valence-corrected chi connectivity index (χ0v) is 14.7. The highest BCUT2D eigenvalue weighted by atomic mass is 19.3. The van der Waals surface area contributed by atoms with Crippen molar-refractivity contribution in [3.05, 3.63) is 72.1 Å². The van der Waals surface area contributed by atoms with E-state index in [0.29, 0.717) is 11.3 Å². The van der Waals surface area contributed by atoms with Crippen molar-refractivity contribution in [3.8, 4) is 11.4 Å². The number of hydrazine groups is 1. The summed E-state index contributed by atoms with van der Waals surface area (Å²) in [4.78, 5) is 24.0. The Morgan fingerprint density at radius 3 is 2.52 bits per heavy atom. The molecular formula is C18H14F2N6O3. The van der Waals surface area contributed by atoms with Crippen molar-refractivity contribution in [1.29, 1.82) is 0 Å². The third-order valence-electron chi connectivity index (χ3n) is 3.59. The molecule has 9 nitrogen and oxygen atoms in total. The minimum Gasteiger partial charge on any atom is -0.434 e. The molecule has 0 bridgehead atoms. The van der Waals surface area contributed by atoms with Crippen molar-refractivity contribution in [3.63, 3.8) is 0 Å². The van der Waals surface area contributed by atoms with Crippen LogP contribution in [-0.4, -0.2) is 38.6 Å². The number of hydrogen-bond acceptors (Lipinski definition) is 6. The Morgan fingerprint density at radius 2 is 1.83 bits per heavy atom. The number of nitrogens with one attached hydrogen (secondary N) is 2. The highest BCUT2D eigenvalue weighted by molar-refractivity contribution is 5.98. The fraction of sp³-hybridized carbons (Fsp3) is 0.0556. The molecule has 0 aliphatic rings. The van der Waals surface area contributed by atoms with E-state index in [1.165, 1.54) is 47.4 Å². The molecule has 0 spiro atoms. The number of carbonyl (C=O) groups is 2. The van der Waals surface area contributed by atoms with E-state index in [-0.39, 0.29) is 11.3 Å². The molecule has 0 saturated heterocycles. The quantitative estimate of drug-likeness (QED) is 0.482. The smallest absolute Gasteiger partial charge is 0.387 e. The summed E-state index contributed by atoms with van der Waals surface area (Å²) < 4.78 is 30.6. The third kappa shape index (κ3) is 5.42. The molecule has 3 aromatic rings. The van der Waals surface area contributed by atoms with Gasteiger partial charge in [0.1, 0.15) is 12.1 Å². The predicted molar refractivity (Wildman–Crippen MR) is 96.9 cm³/mol. The van der Waals surface area contributed by atoms with Gasteiger partial charge >= 0.3 is 6.61 Å². The fourth-order valence-corrected chi connectivity index (χ4v) is 2.26. The number of halogens is 2. The van der Waals surface area contributed by atoms with E-state index >= 15 is 0 Å². The van der Waals surface area contributed by atoms with Crippen LogP contribution in [0, 0.1) is 0 Å². The summed E-state index contributed by atoms with van der Waals surface area (Å²) in [6.45, 7) is -2.98. The average Bonchev–Trinajstić information content (AvgIpc) is 3.26. The number of nitrogens with zero attached hydrogens (tertiary/aromatic N) is 4. The van der Waals surface area contributed by atoms with Crippen molar-refractivity contribution < 1.29 is 23.1 Å². The van der Waals surface area contributed by atoms with Crippen molar-refractivity contribution >= 4 is 17.9 Å². The number of rotatable bonds is 6. The van der Waals surface area contributed by atoms with Crippen molar-refractivity contribution in [2.24, 2.45) is 0 Å². The molecule has 3 rings (SSSR count). The summed E-state index contributed by atoms with van der Waals surface area (Å²) in [6, 6.07) is 12.3. The van der Waals surface area contributed by atoms with Crippen LogP contribution in [0.1, 0.15) is 15.9 Å². The van der Waals surface area contributed by atoms with Crippen LogP contribution in [0.3, 0.4) is 0 Å². The molecule has 2 amide bonds. The number of alkyl halides is 2. The summed E-state index contributed by atoms with van der Waals surface area (Å²) in [5.74, 6) is -1.27. The van der Waals surface area contributed by atoms with E-state index in [1.54, 1.807) is 18.2 Å². The number of benzene rings is 2. The second-order valence-corrected chi connectivity index (χ2v) is 5.49. The molecule has 0 fully saturated rings. The molecule has 0 aliphatic carbocycles. The van der Waals surface area contributed by atoms with Gasteiger partial charge in [0.25, 0.3) is 11.8 Å². The molecule has 2 aromatic carbocycles. The van der Waals surface area contributed by atoms with Crippen LogP contribution in [0.4, 0.5) is 8.78 Å². The lowest BCUT2D eigenvalue weighted by atomic mass is 10.2. The lowest BCUT2D eigenvalue weighted by Gasteiger charge is -2.08. The number of para-hydroxylation sites is 1. The molecule has 0 atom stereocenters. The summed E-state index contributed by atoms with van der Waals surface area (Å²) in [5.41, 5.74) is 5.68. The Hall–Kier alpha value is -4.15. The lowest BCUT2D eigenvalue weighted by molar-refractivity contribution is -0.117. The SMILES string of the molecule is O=C(/C=C/c1ccccc1OC(F)F)NNC(=O)c1ccc(-n2cnnn2)cc1. The Balaban J connectivity index is 1.55. The van der Waals surface area contributed by atoms with E-state index < -0.39 is 18.4 Å². The molecular weight excluding hydrogens is 386 g/mol. The van der Waals surface area contributed by atoms with E-state index in [9.17, 15) is 18.4 Å². The van der Waals surface area contributed by atoms with Crippen molar-refractivity contribution in [2.45, 2.75) is 6.61 Å². The molecule has 2 N–H and O–H groups in total. The average molecular weight is 400 g/mol. The van der Waals surface area contributed by atoms with E-state index in [4.69, 9.17) is 0 Å². The van der Waals surface area contributed by atoms with Gasteiger partial charge in [-0.2, -0.15) is 8.78 Å². The molecule has 1 aromatic heterocycles. The molecule has 1 heterocycles. The van der Waals surface area contributed by atoms with Gasteiger partial charge in [-0.25, -0.2) is 4.68 Å². The van der Waals surface area contributed by atoms with Gasteiger partial charge in [-0.1, -0.05) is 18.2 Å². The first kappa shape index (κ1) is 19.6. The summed E-state index contributed by atoms with van der Waals surface area (Å²) in [6.07, 6.45) is 3.78. The van der Waals surface area contributed by atoms with E-state index in [0.717, 1.165) is 6.08 Å². The van der Waals surface area contributed by atoms with Crippen molar-refractivity contribution in [1.82, 2.24) is 31.1 Å². The Kier molecular flexibility index (Phi) is 6.20. The van der Waals surface area contributed by atoms with Crippen LogP contribution in [0.2, 0.25) is 0 Å². The first-order valence-electron chi connectivity index (χ1n) is 8.18. The zero-order chi connectivity index (χ0) is 20.6. The van der Waals surface area contributed by atoms with Gasteiger partial charge in [-0.3, -0.25) is 20.4 Å². The van der Waals surface area contributed by atoms with Crippen LogP contribution in [0.25, 0.3) is 11.8 Å². The van der Waals surface area contributed by atoms with Crippen LogP contribution in [0.15, 0.2) is 60.9 Å². The van der Waals surface area contributed by atoms with Gasteiger partial charge in [0, 0.05) is 17.2 Å². The largest absolute Gasteiger partial charge is 0.434 e. The van der Waals surface area contributed by atoms with E-state index in [1.807, 2.05) is 0 Å². The molecule has 0 saturated carbocycles. The highest BCUT2D eigenvalue weighted by Crippen LogP contribution is 2.21. The second kappa shape index (κ2) is 9.17. The standard InChI is InChI=1S/C18H14F2N6O3/c19-18(20)29-15-4-2-1-3-12(15)7-10-16(27)22-23-17(28)13-5-8-14(9-6-13)26-11-21-24-25-26/h1-11,18H,(H,22,27)(H,23,28)/b10-7+. The number of aromatic nitrogens is 4. The molecule has 148 valence electrons. The Morgan fingerprint density at radius 1 is 1.07 bits per heavy atom. The lowest BCUT2D eigenvalue weighted by Crippen LogP contribution is -2.40. The summed E-state index contributed by atoms with van der Waals surface area (Å²) in [7, 11) is 0. The predicted octanol–water partition coefficient (Wildman–Crippen LogP) is 1.74. The van der Waals surface area contributed by atoms with Gasteiger partial charge in [0.05, 0.1) is 5.69 Å². The van der Waals surface area contributed by atoms with Crippen molar-refractivity contribution in [2.75, 3.05) is 0 Å². The molecule has 11 heteroatoms. The number of tetrazole rings is 1. The zero-order valence-electron chi connectivity index (χ0n) is 14.7. The maximum absolute atomic E-state index is 12.4. The van der Waals surface area contributed by atoms with Gasteiger partial charge in [-0.15, -0.1) is 5.10 Å². The number of ether oxygens (including phenoxy) is 1. The normalized spacial score (nSPS) is 10.9. The topological polar surface area (TPSA) is 111 Å². The molecule has 29 heavy (non-hydrogen) atoms. The summed E-state index contributed by atoms with van der Waals surface area (Å²) >= 11 is 0. The van der Waals surface area contributed by atoms with Crippen LogP contribution < -0.4 is 15.6 Å². The van der Waals surface area contributed by atoms with Crippen LogP contribution in [0.5, 0.6) is 5.75 Å². The van der Waals surface area contributed by atoms with E-state index in [2.05, 4.69) is 31.1 Å². The van der Waals surface area contributed by atoms with Crippen LogP contribution >= 0.6 is 0 Å². The number of carbonyl (C=O) groups excluding carboxylic acids is 2. The Bertz CT molecular complexity index is 1010. The van der Waals surface area contributed by atoms with Gasteiger partial charge in [0.15, 0.2) is 0 Å². The maximum Gasteiger partial charge on any atom is 0.387 e. The summed E-state index contributed by atoms with van der Waals surface area (Å²) in [5, 5.41) is 10.8. The third-order valence-corrected chi connectivity index (χ3v) is 3.59. The fourth-order valence-electron chi connectivity index (χ4n) is 2.26. The van der Waals surface area contributed by atoms with Gasteiger partial charge in [-0.05, 0) is 46.8 Å². The minimum absolute atomic E-state index is 0.0711. The Labute approximate surface area is 163 Å². The number of hydrogen-bond donors (Lipinski definition) is 2. The number of amides is 2. The molecule has 0 unspecified atom stereocenters. The second-order valence-electron chi connectivity index (χ2n) is 5.49.